The van der Waals surface area contributed by atoms with Gasteiger partial charge in [0.2, 0.25) is 0 Å². The van der Waals surface area contributed by atoms with Crippen molar-refractivity contribution in [1.82, 2.24) is 10.6 Å². The first-order valence-electron chi connectivity index (χ1n) is 9.00. The summed E-state index contributed by atoms with van der Waals surface area (Å²) in [6, 6.07) is 16.9. The number of carboxylic acid groups (broad SMARTS) is 1. The highest BCUT2D eigenvalue weighted by Gasteiger charge is 2.14. The summed E-state index contributed by atoms with van der Waals surface area (Å²) in [5.41, 5.74) is 2.08. The van der Waals surface area contributed by atoms with Crippen molar-refractivity contribution in [2.75, 3.05) is 13.7 Å². The van der Waals surface area contributed by atoms with Crippen LogP contribution in [-0.2, 0) is 17.6 Å². The molecule has 144 valence electrons. The summed E-state index contributed by atoms with van der Waals surface area (Å²) in [6.45, 7) is 0.462. The summed E-state index contributed by atoms with van der Waals surface area (Å²) in [4.78, 5) is 23.1. The molecule has 0 radical (unpaired) electrons. The van der Waals surface area contributed by atoms with Gasteiger partial charge in [0.15, 0.2) is 0 Å². The number of rotatable bonds is 10. The van der Waals surface area contributed by atoms with E-state index >= 15 is 0 Å². The minimum atomic E-state index is -0.869. The zero-order chi connectivity index (χ0) is 19.5. The van der Waals surface area contributed by atoms with Crippen LogP contribution in [0.1, 0.15) is 24.0 Å². The third kappa shape index (κ3) is 7.40. The molecule has 0 saturated heterocycles. The highest BCUT2D eigenvalue weighted by Crippen LogP contribution is 2.17. The van der Waals surface area contributed by atoms with Crippen LogP contribution in [0.25, 0.3) is 0 Å². The fraction of sp³-hybridized carbons (Fsp3) is 0.333. The van der Waals surface area contributed by atoms with E-state index in [0.717, 1.165) is 16.9 Å². The average molecular weight is 370 g/mol. The number of carbonyl (C=O) groups excluding carboxylic acids is 1. The van der Waals surface area contributed by atoms with Crippen LogP contribution in [0.4, 0.5) is 4.79 Å². The molecule has 0 aromatic heterocycles. The number of carbonyl (C=O) groups is 2. The van der Waals surface area contributed by atoms with Gasteiger partial charge in [-0.25, -0.2) is 4.79 Å². The van der Waals surface area contributed by atoms with E-state index in [-0.39, 0.29) is 18.5 Å². The van der Waals surface area contributed by atoms with E-state index in [2.05, 4.69) is 10.6 Å². The maximum absolute atomic E-state index is 12.2. The summed E-state index contributed by atoms with van der Waals surface area (Å²) in [5.74, 6) is -0.0745. The predicted octanol–water partition coefficient (Wildman–Crippen LogP) is 3.01. The second-order valence-electron chi connectivity index (χ2n) is 6.28. The number of urea groups is 1. The lowest BCUT2D eigenvalue weighted by Crippen LogP contribution is -2.44. The number of aliphatic carboxylic acids is 1. The van der Waals surface area contributed by atoms with Crippen molar-refractivity contribution in [1.29, 1.82) is 0 Å². The molecule has 1 atom stereocenters. The largest absolute Gasteiger partial charge is 0.496 e. The SMILES string of the molecule is COc1ccccc1CCNC(=O)NC(CCC(=O)O)Cc1ccccc1. The molecule has 2 aromatic rings. The minimum absolute atomic E-state index is 0.0129. The van der Waals surface area contributed by atoms with Gasteiger partial charge in [-0.1, -0.05) is 48.5 Å². The molecule has 0 aliphatic rings. The van der Waals surface area contributed by atoms with Gasteiger partial charge in [-0.05, 0) is 36.5 Å². The van der Waals surface area contributed by atoms with Gasteiger partial charge in [-0.15, -0.1) is 0 Å². The van der Waals surface area contributed by atoms with Crippen LogP contribution < -0.4 is 15.4 Å². The standard InChI is InChI=1S/C21H26N2O4/c1-27-19-10-6-5-9-17(19)13-14-22-21(26)23-18(11-12-20(24)25)15-16-7-3-2-4-8-16/h2-10,18H,11-15H2,1H3,(H,24,25)(H2,22,23,26). The lowest BCUT2D eigenvalue weighted by Gasteiger charge is -2.19. The second kappa shape index (κ2) is 10.9. The van der Waals surface area contributed by atoms with E-state index in [0.29, 0.717) is 25.8 Å². The van der Waals surface area contributed by atoms with Gasteiger partial charge in [0.25, 0.3) is 0 Å². The number of para-hydroxylation sites is 1. The maximum atomic E-state index is 12.2. The van der Waals surface area contributed by atoms with Crippen LogP contribution >= 0.6 is 0 Å². The maximum Gasteiger partial charge on any atom is 0.315 e. The first kappa shape index (κ1) is 20.3. The number of amides is 2. The Morgan fingerprint density at radius 2 is 1.78 bits per heavy atom. The zero-order valence-electron chi connectivity index (χ0n) is 15.5. The van der Waals surface area contributed by atoms with Crippen LogP contribution in [0.2, 0.25) is 0 Å². The van der Waals surface area contributed by atoms with E-state index in [1.165, 1.54) is 0 Å². The summed E-state index contributed by atoms with van der Waals surface area (Å²) in [6.07, 6.45) is 1.63. The molecular formula is C21H26N2O4. The molecule has 6 nitrogen and oxygen atoms in total. The van der Waals surface area contributed by atoms with Gasteiger partial charge >= 0.3 is 12.0 Å². The summed E-state index contributed by atoms with van der Waals surface area (Å²) >= 11 is 0. The molecule has 0 spiro atoms. The average Bonchev–Trinajstić information content (AvgIpc) is 2.67. The van der Waals surface area contributed by atoms with Gasteiger partial charge in [-0.3, -0.25) is 4.79 Å². The summed E-state index contributed by atoms with van der Waals surface area (Å²) in [5, 5.41) is 14.7. The van der Waals surface area contributed by atoms with Gasteiger partial charge < -0.3 is 20.5 Å². The lowest BCUT2D eigenvalue weighted by molar-refractivity contribution is -0.137. The van der Waals surface area contributed by atoms with Crippen molar-refractivity contribution in [2.24, 2.45) is 0 Å². The first-order chi connectivity index (χ1) is 13.1. The van der Waals surface area contributed by atoms with E-state index in [1.807, 2.05) is 54.6 Å². The quantitative estimate of drug-likeness (QED) is 0.600. The van der Waals surface area contributed by atoms with Crippen molar-refractivity contribution < 1.29 is 19.4 Å². The molecule has 0 aliphatic carbocycles. The molecule has 0 heterocycles. The van der Waals surface area contributed by atoms with Gasteiger partial charge in [0.05, 0.1) is 7.11 Å². The first-order valence-corrected chi connectivity index (χ1v) is 9.00. The van der Waals surface area contributed by atoms with Crippen molar-refractivity contribution in [3.63, 3.8) is 0 Å². The molecule has 2 amide bonds. The Bertz CT molecular complexity index is 734. The van der Waals surface area contributed by atoms with E-state index in [1.54, 1.807) is 7.11 Å². The van der Waals surface area contributed by atoms with Crippen molar-refractivity contribution in [3.8, 4) is 5.75 Å². The zero-order valence-corrected chi connectivity index (χ0v) is 15.5. The summed E-state index contributed by atoms with van der Waals surface area (Å²) in [7, 11) is 1.62. The third-order valence-corrected chi connectivity index (χ3v) is 4.24. The number of ether oxygens (including phenoxy) is 1. The topological polar surface area (TPSA) is 87.7 Å². The molecule has 1 unspecified atom stereocenters. The van der Waals surface area contributed by atoms with Crippen LogP contribution in [0.3, 0.4) is 0 Å². The molecule has 3 N–H and O–H groups in total. The second-order valence-corrected chi connectivity index (χ2v) is 6.28. The number of benzene rings is 2. The normalized spacial score (nSPS) is 11.4. The molecule has 27 heavy (non-hydrogen) atoms. The Hall–Kier alpha value is -3.02. The molecule has 6 heteroatoms. The monoisotopic (exact) mass is 370 g/mol. The molecular weight excluding hydrogens is 344 g/mol. The molecule has 0 saturated carbocycles. The Morgan fingerprint density at radius 1 is 1.07 bits per heavy atom. The minimum Gasteiger partial charge on any atom is -0.496 e. The van der Waals surface area contributed by atoms with Crippen LogP contribution in [0.5, 0.6) is 5.75 Å². The number of nitrogens with one attached hydrogen (secondary N) is 2. The Morgan fingerprint density at radius 3 is 2.48 bits per heavy atom. The lowest BCUT2D eigenvalue weighted by atomic mass is 10.0. The van der Waals surface area contributed by atoms with Crippen molar-refractivity contribution >= 4 is 12.0 Å². The van der Waals surface area contributed by atoms with E-state index < -0.39 is 5.97 Å². The number of methoxy groups -OCH3 is 1. The van der Waals surface area contributed by atoms with Crippen LogP contribution in [0.15, 0.2) is 54.6 Å². The summed E-state index contributed by atoms with van der Waals surface area (Å²) < 4.78 is 5.30. The number of hydrogen-bond donors (Lipinski definition) is 3. The number of hydrogen-bond acceptors (Lipinski definition) is 3. The highest BCUT2D eigenvalue weighted by atomic mass is 16.5. The van der Waals surface area contributed by atoms with Gasteiger partial charge in [0.1, 0.15) is 5.75 Å². The molecule has 0 bridgehead atoms. The van der Waals surface area contributed by atoms with Crippen LogP contribution in [-0.4, -0.2) is 36.8 Å². The highest BCUT2D eigenvalue weighted by molar-refractivity contribution is 5.74. The van der Waals surface area contributed by atoms with Crippen LogP contribution in [0, 0.1) is 0 Å². The molecule has 0 fully saturated rings. The molecule has 0 aliphatic heterocycles. The predicted molar refractivity (Wildman–Crippen MR) is 104 cm³/mol. The van der Waals surface area contributed by atoms with E-state index in [4.69, 9.17) is 9.84 Å². The Kier molecular flexibility index (Phi) is 8.16. The Balaban J connectivity index is 1.85. The van der Waals surface area contributed by atoms with Gasteiger partial charge in [0, 0.05) is 19.0 Å². The van der Waals surface area contributed by atoms with Crippen molar-refractivity contribution in [2.45, 2.75) is 31.7 Å². The fourth-order valence-corrected chi connectivity index (χ4v) is 2.88. The fourth-order valence-electron chi connectivity index (χ4n) is 2.88. The van der Waals surface area contributed by atoms with Gasteiger partial charge in [-0.2, -0.15) is 0 Å². The van der Waals surface area contributed by atoms with E-state index in [9.17, 15) is 9.59 Å². The van der Waals surface area contributed by atoms with Crippen molar-refractivity contribution in [3.05, 3.63) is 65.7 Å². The number of carboxylic acids is 1. The Labute approximate surface area is 159 Å². The third-order valence-electron chi connectivity index (χ3n) is 4.24. The smallest absolute Gasteiger partial charge is 0.315 e. The molecule has 2 rings (SSSR count). The molecule has 2 aromatic carbocycles.